The first-order chi connectivity index (χ1) is 12.5. The lowest BCUT2D eigenvalue weighted by Crippen LogP contribution is -2.49. The summed E-state index contributed by atoms with van der Waals surface area (Å²) in [5.41, 5.74) is 0.666. The van der Waals surface area contributed by atoms with Crippen LogP contribution in [0.4, 0.5) is 5.69 Å². The van der Waals surface area contributed by atoms with Gasteiger partial charge in [-0.1, -0.05) is 12.1 Å². The first-order valence-corrected chi connectivity index (χ1v) is 9.79. The number of benzene rings is 1. The summed E-state index contributed by atoms with van der Waals surface area (Å²) in [6, 6.07) is 6.98. The van der Waals surface area contributed by atoms with Gasteiger partial charge in [0.2, 0.25) is 5.91 Å². The molecular formula is C18H22N2O5S. The van der Waals surface area contributed by atoms with E-state index in [0.717, 1.165) is 5.75 Å². The van der Waals surface area contributed by atoms with Crippen LogP contribution >= 0.6 is 11.8 Å². The van der Waals surface area contributed by atoms with Gasteiger partial charge in [-0.3, -0.25) is 14.4 Å². The molecule has 2 heterocycles. The number of anilines is 1. The third-order valence-corrected chi connectivity index (χ3v) is 5.67. The van der Waals surface area contributed by atoms with Crippen molar-refractivity contribution in [2.24, 2.45) is 0 Å². The number of ether oxygens (including phenoxy) is 1. The van der Waals surface area contributed by atoms with Gasteiger partial charge >= 0.3 is 5.97 Å². The third kappa shape index (κ3) is 3.95. The Bertz CT molecular complexity index is 711. The van der Waals surface area contributed by atoms with Crippen LogP contribution < -0.4 is 9.64 Å². The van der Waals surface area contributed by atoms with E-state index in [9.17, 15) is 14.4 Å². The van der Waals surface area contributed by atoms with Gasteiger partial charge in [0, 0.05) is 31.0 Å². The monoisotopic (exact) mass is 378 g/mol. The van der Waals surface area contributed by atoms with Gasteiger partial charge in [0.1, 0.15) is 5.75 Å². The van der Waals surface area contributed by atoms with Crippen LogP contribution in [0.15, 0.2) is 24.3 Å². The second-order valence-corrected chi connectivity index (χ2v) is 7.53. The molecule has 1 N–H and O–H groups in total. The van der Waals surface area contributed by atoms with Crippen LogP contribution in [-0.2, 0) is 14.4 Å². The predicted molar refractivity (Wildman–Crippen MR) is 98.6 cm³/mol. The van der Waals surface area contributed by atoms with Crippen molar-refractivity contribution in [3.05, 3.63) is 24.3 Å². The molecule has 2 atom stereocenters. The minimum atomic E-state index is -0.901. The molecule has 0 aromatic heterocycles. The number of para-hydroxylation sites is 2. The van der Waals surface area contributed by atoms with E-state index in [2.05, 4.69) is 0 Å². The zero-order valence-electron chi connectivity index (χ0n) is 14.6. The maximum absolute atomic E-state index is 12.7. The molecule has 2 amide bonds. The van der Waals surface area contributed by atoms with Crippen molar-refractivity contribution in [1.29, 1.82) is 0 Å². The summed E-state index contributed by atoms with van der Waals surface area (Å²) in [5, 5.41) is 9.06. The second kappa shape index (κ2) is 7.99. The molecule has 0 radical (unpaired) electrons. The molecule has 2 aliphatic heterocycles. The Kier molecular flexibility index (Phi) is 5.70. The van der Waals surface area contributed by atoms with Gasteiger partial charge in [0.25, 0.3) is 5.91 Å². The normalized spacial score (nSPS) is 22.6. The predicted octanol–water partition coefficient (Wildman–Crippen LogP) is 1.61. The Balaban J connectivity index is 1.68. The minimum Gasteiger partial charge on any atom is -0.481 e. The van der Waals surface area contributed by atoms with Crippen LogP contribution in [0, 0.1) is 0 Å². The molecule has 1 aromatic rings. The summed E-state index contributed by atoms with van der Waals surface area (Å²) >= 11 is 1.67. The van der Waals surface area contributed by atoms with Crippen LogP contribution in [0.3, 0.4) is 0 Å². The zero-order chi connectivity index (χ0) is 18.7. The molecular weight excluding hydrogens is 356 g/mol. The molecule has 8 heteroatoms. The summed E-state index contributed by atoms with van der Waals surface area (Å²) in [7, 11) is 0. The quantitative estimate of drug-likeness (QED) is 0.838. The fraction of sp³-hybridized carbons (Fsp3) is 0.500. The molecule has 0 spiro atoms. The molecule has 2 aliphatic rings. The van der Waals surface area contributed by atoms with E-state index < -0.39 is 12.1 Å². The standard InChI is InChI=1S/C18H22N2O5S/c1-12-18(24)20(14-4-2-3-5-15(14)25-12)7-6-16(21)19-8-9-26-11-13(19)10-17(22)23/h2-5,12-13H,6-11H2,1H3,(H,22,23). The van der Waals surface area contributed by atoms with Gasteiger partial charge in [0.05, 0.1) is 18.2 Å². The van der Waals surface area contributed by atoms with Crippen molar-refractivity contribution >= 4 is 35.2 Å². The number of hydrogen-bond acceptors (Lipinski definition) is 5. The van der Waals surface area contributed by atoms with Crippen LogP contribution in [0.5, 0.6) is 5.75 Å². The number of thioether (sulfide) groups is 1. The van der Waals surface area contributed by atoms with Crippen LogP contribution in [0.25, 0.3) is 0 Å². The molecule has 26 heavy (non-hydrogen) atoms. The van der Waals surface area contributed by atoms with Gasteiger partial charge in [-0.2, -0.15) is 11.8 Å². The third-order valence-electron chi connectivity index (χ3n) is 4.58. The van der Waals surface area contributed by atoms with Crippen molar-refractivity contribution in [2.75, 3.05) is 29.5 Å². The molecule has 1 aromatic carbocycles. The summed E-state index contributed by atoms with van der Waals surface area (Å²) in [5.74, 6) is 0.882. The molecule has 1 fully saturated rings. The number of hydrogen-bond donors (Lipinski definition) is 1. The molecule has 2 unspecified atom stereocenters. The van der Waals surface area contributed by atoms with Crippen LogP contribution in [0.2, 0.25) is 0 Å². The molecule has 0 saturated carbocycles. The molecule has 7 nitrogen and oxygen atoms in total. The van der Waals surface area contributed by atoms with E-state index in [1.165, 1.54) is 0 Å². The van der Waals surface area contributed by atoms with E-state index in [4.69, 9.17) is 9.84 Å². The van der Waals surface area contributed by atoms with E-state index >= 15 is 0 Å². The summed E-state index contributed by atoms with van der Waals surface area (Å²) < 4.78 is 5.60. The number of carbonyl (C=O) groups excluding carboxylic acids is 2. The smallest absolute Gasteiger partial charge is 0.305 e. The Hall–Kier alpha value is -2.22. The Morgan fingerprint density at radius 1 is 1.35 bits per heavy atom. The maximum Gasteiger partial charge on any atom is 0.305 e. The highest BCUT2D eigenvalue weighted by atomic mass is 32.2. The van der Waals surface area contributed by atoms with Crippen LogP contribution in [0.1, 0.15) is 19.8 Å². The average Bonchev–Trinajstić information content (AvgIpc) is 2.62. The number of fused-ring (bicyclic) bond motifs is 1. The number of amides is 2. The van der Waals surface area contributed by atoms with Crippen molar-refractivity contribution in [2.45, 2.75) is 31.9 Å². The van der Waals surface area contributed by atoms with E-state index in [1.807, 2.05) is 12.1 Å². The van der Waals surface area contributed by atoms with Crippen LogP contribution in [-0.4, -0.2) is 64.5 Å². The first-order valence-electron chi connectivity index (χ1n) is 8.63. The second-order valence-electron chi connectivity index (χ2n) is 6.38. The van der Waals surface area contributed by atoms with Gasteiger partial charge < -0.3 is 19.6 Å². The van der Waals surface area contributed by atoms with Gasteiger partial charge in [0.15, 0.2) is 6.10 Å². The van der Waals surface area contributed by atoms with Crippen molar-refractivity contribution in [3.8, 4) is 5.75 Å². The Morgan fingerprint density at radius 3 is 2.88 bits per heavy atom. The maximum atomic E-state index is 12.7. The molecule has 140 valence electrons. The van der Waals surface area contributed by atoms with Gasteiger partial charge in [-0.25, -0.2) is 0 Å². The lowest BCUT2D eigenvalue weighted by molar-refractivity contribution is -0.140. The highest BCUT2D eigenvalue weighted by Gasteiger charge is 2.33. The highest BCUT2D eigenvalue weighted by Crippen LogP contribution is 2.33. The Morgan fingerprint density at radius 2 is 2.12 bits per heavy atom. The number of nitrogens with zero attached hydrogens (tertiary/aromatic N) is 2. The van der Waals surface area contributed by atoms with E-state index in [-0.39, 0.29) is 37.2 Å². The van der Waals surface area contributed by atoms with Crippen molar-refractivity contribution < 1.29 is 24.2 Å². The minimum absolute atomic E-state index is 0.0465. The average molecular weight is 378 g/mol. The number of carbonyl (C=O) groups is 3. The first kappa shape index (κ1) is 18.6. The van der Waals surface area contributed by atoms with Crippen molar-refractivity contribution in [3.63, 3.8) is 0 Å². The number of carboxylic acids is 1. The zero-order valence-corrected chi connectivity index (χ0v) is 15.4. The SMILES string of the molecule is CC1Oc2ccccc2N(CCC(=O)N2CCSCC2CC(=O)O)C1=O. The fourth-order valence-electron chi connectivity index (χ4n) is 3.29. The number of rotatable bonds is 5. The lowest BCUT2D eigenvalue weighted by atomic mass is 10.1. The highest BCUT2D eigenvalue weighted by molar-refractivity contribution is 7.99. The van der Waals surface area contributed by atoms with E-state index in [0.29, 0.717) is 23.7 Å². The summed E-state index contributed by atoms with van der Waals surface area (Å²) in [6.07, 6.45) is -0.478. The largest absolute Gasteiger partial charge is 0.481 e. The lowest BCUT2D eigenvalue weighted by Gasteiger charge is -2.36. The molecule has 0 aliphatic carbocycles. The Labute approximate surface area is 156 Å². The molecule has 0 bridgehead atoms. The molecule has 3 rings (SSSR count). The summed E-state index contributed by atoms with van der Waals surface area (Å²) in [6.45, 7) is 2.50. The van der Waals surface area contributed by atoms with Gasteiger partial charge in [-0.15, -0.1) is 0 Å². The van der Waals surface area contributed by atoms with Gasteiger partial charge in [-0.05, 0) is 19.1 Å². The van der Waals surface area contributed by atoms with Crippen molar-refractivity contribution in [1.82, 2.24) is 4.90 Å². The topological polar surface area (TPSA) is 87.2 Å². The fourth-order valence-corrected chi connectivity index (χ4v) is 4.36. The van der Waals surface area contributed by atoms with E-state index in [1.54, 1.807) is 40.6 Å². The number of carboxylic acid groups (broad SMARTS) is 1. The summed E-state index contributed by atoms with van der Waals surface area (Å²) in [4.78, 5) is 39.5. The molecule has 1 saturated heterocycles. The number of aliphatic carboxylic acids is 1.